The second-order valence-electron chi connectivity index (χ2n) is 5.88. The molecule has 2 aromatic rings. The summed E-state index contributed by atoms with van der Waals surface area (Å²) in [5, 5.41) is 8.38. The fourth-order valence-electron chi connectivity index (χ4n) is 2.74. The van der Waals surface area contributed by atoms with Gasteiger partial charge in [-0.3, -0.25) is 9.58 Å². The number of nitrogens with zero attached hydrogens (tertiary/aromatic N) is 4. The van der Waals surface area contributed by atoms with E-state index in [9.17, 15) is 0 Å². The van der Waals surface area contributed by atoms with Gasteiger partial charge in [0.1, 0.15) is 5.76 Å². The van der Waals surface area contributed by atoms with Crippen LogP contribution >= 0.6 is 12.2 Å². The van der Waals surface area contributed by atoms with Crippen LogP contribution in [0, 0.1) is 6.92 Å². The van der Waals surface area contributed by atoms with Gasteiger partial charge in [-0.15, -0.1) is 0 Å². The zero-order valence-electron chi connectivity index (χ0n) is 13.7. The minimum atomic E-state index is 0.640. The van der Waals surface area contributed by atoms with E-state index in [4.69, 9.17) is 16.6 Å². The maximum absolute atomic E-state index is 5.48. The number of aromatic nitrogens is 2. The summed E-state index contributed by atoms with van der Waals surface area (Å²) >= 11 is 5.48. The van der Waals surface area contributed by atoms with Crippen LogP contribution in [0.25, 0.3) is 0 Å². The first kappa shape index (κ1) is 16.0. The van der Waals surface area contributed by atoms with Crippen molar-refractivity contribution in [2.24, 2.45) is 7.05 Å². The Morgan fingerprint density at radius 2 is 2.13 bits per heavy atom. The van der Waals surface area contributed by atoms with Gasteiger partial charge in [-0.2, -0.15) is 5.10 Å². The Morgan fingerprint density at radius 1 is 1.35 bits per heavy atom. The number of piperazine rings is 1. The average Bonchev–Trinajstić information content (AvgIpc) is 3.19. The van der Waals surface area contributed by atoms with Gasteiger partial charge in [0.25, 0.3) is 0 Å². The number of furan rings is 1. The van der Waals surface area contributed by atoms with Crippen molar-refractivity contribution in [2.45, 2.75) is 20.0 Å². The molecule has 3 rings (SSSR count). The van der Waals surface area contributed by atoms with Gasteiger partial charge in [-0.05, 0) is 31.3 Å². The Morgan fingerprint density at radius 3 is 2.74 bits per heavy atom. The minimum Gasteiger partial charge on any atom is -0.467 e. The zero-order valence-corrected chi connectivity index (χ0v) is 14.5. The molecule has 0 aliphatic carbocycles. The molecule has 0 atom stereocenters. The van der Waals surface area contributed by atoms with Gasteiger partial charge in [-0.25, -0.2) is 0 Å². The predicted molar refractivity (Wildman–Crippen MR) is 92.9 cm³/mol. The Balaban J connectivity index is 1.44. The van der Waals surface area contributed by atoms with Crippen LogP contribution in [-0.2, 0) is 20.1 Å². The molecule has 3 heterocycles. The highest BCUT2D eigenvalue weighted by Crippen LogP contribution is 2.12. The van der Waals surface area contributed by atoms with Gasteiger partial charge in [0.05, 0.1) is 19.0 Å². The lowest BCUT2D eigenvalue weighted by atomic mass is 10.2. The first-order valence-corrected chi connectivity index (χ1v) is 8.29. The minimum absolute atomic E-state index is 0.640. The first-order chi connectivity index (χ1) is 11.1. The molecule has 1 saturated heterocycles. The van der Waals surface area contributed by atoms with Gasteiger partial charge in [-0.1, -0.05) is 0 Å². The lowest BCUT2D eigenvalue weighted by Crippen LogP contribution is -2.51. The van der Waals surface area contributed by atoms with E-state index in [-0.39, 0.29) is 0 Å². The van der Waals surface area contributed by atoms with E-state index in [0.29, 0.717) is 6.54 Å². The summed E-state index contributed by atoms with van der Waals surface area (Å²) in [6.07, 6.45) is 3.65. The molecule has 1 aliphatic heterocycles. The molecular formula is C16H23N5OS. The number of aryl methyl sites for hydroxylation is 1. The van der Waals surface area contributed by atoms with Crippen LogP contribution in [-0.4, -0.2) is 50.9 Å². The van der Waals surface area contributed by atoms with Gasteiger partial charge in [0, 0.05) is 51.0 Å². The van der Waals surface area contributed by atoms with Gasteiger partial charge >= 0.3 is 0 Å². The maximum atomic E-state index is 5.48. The van der Waals surface area contributed by atoms with Crippen molar-refractivity contribution in [3.8, 4) is 0 Å². The van der Waals surface area contributed by atoms with Gasteiger partial charge in [0.15, 0.2) is 5.11 Å². The molecule has 2 aromatic heterocycles. The van der Waals surface area contributed by atoms with E-state index >= 15 is 0 Å². The quantitative estimate of drug-likeness (QED) is 0.856. The summed E-state index contributed by atoms with van der Waals surface area (Å²) in [5.41, 5.74) is 2.54. The van der Waals surface area contributed by atoms with E-state index in [0.717, 1.165) is 43.6 Å². The standard InChI is InChI=1S/C16H23N5OS/c1-13-14(10-18-19(13)2)12-20-5-7-21(8-6-20)16(23)17-11-15-4-3-9-22-15/h3-4,9-10H,5-8,11-12H2,1-2H3,(H,17,23). The molecule has 1 fully saturated rings. The molecule has 0 bridgehead atoms. The summed E-state index contributed by atoms with van der Waals surface area (Å²) in [4.78, 5) is 4.68. The number of hydrogen-bond acceptors (Lipinski definition) is 4. The lowest BCUT2D eigenvalue weighted by molar-refractivity contribution is 0.174. The van der Waals surface area contributed by atoms with Crippen molar-refractivity contribution < 1.29 is 4.42 Å². The normalized spacial score (nSPS) is 15.8. The predicted octanol–water partition coefficient (Wildman–Crippen LogP) is 1.51. The molecule has 0 saturated carbocycles. The lowest BCUT2D eigenvalue weighted by Gasteiger charge is -2.36. The number of thiocarbonyl (C=S) groups is 1. The van der Waals surface area contributed by atoms with Gasteiger partial charge < -0.3 is 14.6 Å². The Bertz CT molecular complexity index is 643. The molecule has 7 heteroatoms. The SMILES string of the molecule is Cc1c(CN2CCN(C(=S)NCc3ccco3)CC2)cnn1C. The fraction of sp³-hybridized carbons (Fsp3) is 0.500. The van der Waals surface area contributed by atoms with E-state index < -0.39 is 0 Å². The smallest absolute Gasteiger partial charge is 0.169 e. The summed E-state index contributed by atoms with van der Waals surface area (Å²) in [6.45, 7) is 7.63. The van der Waals surface area contributed by atoms with Crippen molar-refractivity contribution in [3.05, 3.63) is 41.6 Å². The summed E-state index contributed by atoms with van der Waals surface area (Å²) in [6, 6.07) is 3.84. The van der Waals surface area contributed by atoms with Crippen molar-refractivity contribution >= 4 is 17.3 Å². The molecule has 1 aliphatic rings. The van der Waals surface area contributed by atoms with Crippen molar-refractivity contribution in [2.75, 3.05) is 26.2 Å². The second-order valence-corrected chi connectivity index (χ2v) is 6.27. The van der Waals surface area contributed by atoms with Crippen LogP contribution in [0.5, 0.6) is 0 Å². The summed E-state index contributed by atoms with van der Waals surface area (Å²) < 4.78 is 7.24. The molecular weight excluding hydrogens is 310 g/mol. The second kappa shape index (κ2) is 7.14. The highest BCUT2D eigenvalue weighted by Gasteiger charge is 2.20. The number of rotatable bonds is 4. The van der Waals surface area contributed by atoms with Gasteiger partial charge in [0.2, 0.25) is 0 Å². The molecule has 1 N–H and O–H groups in total. The van der Waals surface area contributed by atoms with Crippen molar-refractivity contribution in [1.82, 2.24) is 24.9 Å². The van der Waals surface area contributed by atoms with E-state index in [2.05, 4.69) is 27.1 Å². The first-order valence-electron chi connectivity index (χ1n) is 7.88. The van der Waals surface area contributed by atoms with Crippen LogP contribution in [0.2, 0.25) is 0 Å². The Kier molecular flexibility index (Phi) is 4.97. The van der Waals surface area contributed by atoms with Crippen molar-refractivity contribution in [3.63, 3.8) is 0 Å². The Hall–Kier alpha value is -1.86. The third kappa shape index (κ3) is 3.92. The summed E-state index contributed by atoms with van der Waals surface area (Å²) in [5.74, 6) is 0.901. The molecule has 23 heavy (non-hydrogen) atoms. The van der Waals surface area contributed by atoms with E-state index in [1.807, 2.05) is 30.1 Å². The van der Waals surface area contributed by atoms with Crippen molar-refractivity contribution in [1.29, 1.82) is 0 Å². The molecule has 0 radical (unpaired) electrons. The third-order valence-corrected chi connectivity index (χ3v) is 4.79. The fourth-order valence-corrected chi connectivity index (χ4v) is 2.99. The zero-order chi connectivity index (χ0) is 16.2. The van der Waals surface area contributed by atoms with Crippen LogP contribution in [0.4, 0.5) is 0 Å². The highest BCUT2D eigenvalue weighted by molar-refractivity contribution is 7.80. The Labute approximate surface area is 142 Å². The molecule has 6 nitrogen and oxygen atoms in total. The van der Waals surface area contributed by atoms with Crippen LogP contribution in [0.15, 0.2) is 29.0 Å². The molecule has 0 unspecified atom stereocenters. The molecule has 0 aromatic carbocycles. The monoisotopic (exact) mass is 333 g/mol. The highest BCUT2D eigenvalue weighted by atomic mass is 32.1. The average molecular weight is 333 g/mol. The largest absolute Gasteiger partial charge is 0.467 e. The maximum Gasteiger partial charge on any atom is 0.169 e. The van der Waals surface area contributed by atoms with E-state index in [1.54, 1.807) is 6.26 Å². The molecule has 124 valence electrons. The van der Waals surface area contributed by atoms with Crippen LogP contribution in [0.3, 0.4) is 0 Å². The molecule has 0 amide bonds. The summed E-state index contributed by atoms with van der Waals surface area (Å²) in [7, 11) is 1.99. The van der Waals surface area contributed by atoms with Crippen LogP contribution in [0.1, 0.15) is 17.0 Å². The topological polar surface area (TPSA) is 49.5 Å². The third-order valence-electron chi connectivity index (χ3n) is 4.38. The van der Waals surface area contributed by atoms with Crippen LogP contribution < -0.4 is 5.32 Å². The van der Waals surface area contributed by atoms with E-state index in [1.165, 1.54) is 11.3 Å². The number of hydrogen-bond donors (Lipinski definition) is 1. The molecule has 0 spiro atoms. The number of nitrogens with one attached hydrogen (secondary N) is 1.